The number of hydrogen-bond acceptors (Lipinski definition) is 6. The molecule has 132 valence electrons. The van der Waals surface area contributed by atoms with Crippen LogP contribution < -0.4 is 15.2 Å². The zero-order valence-corrected chi connectivity index (χ0v) is 13.4. The SMILES string of the molecule is CCC(N)C(=O)O.O=C(O)CCC(=O)c1ccc2c(c1)OCCO2. The van der Waals surface area contributed by atoms with Gasteiger partial charge in [0.05, 0.1) is 6.42 Å². The number of ether oxygens (including phenoxy) is 2. The molecule has 8 nitrogen and oxygen atoms in total. The lowest BCUT2D eigenvalue weighted by Crippen LogP contribution is -2.28. The molecule has 24 heavy (non-hydrogen) atoms. The van der Waals surface area contributed by atoms with Crippen LogP contribution in [-0.2, 0) is 9.59 Å². The molecule has 1 aromatic carbocycles. The van der Waals surface area contributed by atoms with E-state index in [4.69, 9.17) is 25.4 Å². The van der Waals surface area contributed by atoms with Crippen LogP contribution in [-0.4, -0.2) is 47.2 Å². The van der Waals surface area contributed by atoms with Gasteiger partial charge in [0.15, 0.2) is 17.3 Å². The van der Waals surface area contributed by atoms with Crippen LogP contribution in [0.3, 0.4) is 0 Å². The van der Waals surface area contributed by atoms with Gasteiger partial charge in [-0.25, -0.2) is 0 Å². The van der Waals surface area contributed by atoms with Crippen LogP contribution in [0.4, 0.5) is 0 Å². The predicted octanol–water partition coefficient (Wildman–Crippen LogP) is 1.31. The molecular weight excluding hydrogens is 318 g/mol. The van der Waals surface area contributed by atoms with Crippen LogP contribution in [0.1, 0.15) is 36.5 Å². The standard InChI is InChI=1S/C12H12O5.C4H9NO2/c13-9(2-4-12(14)15)8-1-3-10-11(7-8)17-6-5-16-10;1-2-3(5)4(6)7/h1,3,7H,2,4-6H2,(H,14,15);3H,2,5H2,1H3,(H,6,7). The average Bonchev–Trinajstić information content (AvgIpc) is 2.58. The van der Waals surface area contributed by atoms with E-state index in [1.165, 1.54) is 0 Å². The van der Waals surface area contributed by atoms with Gasteiger partial charge in [-0.3, -0.25) is 14.4 Å². The summed E-state index contributed by atoms with van der Waals surface area (Å²) in [6.07, 6.45) is 0.331. The zero-order valence-electron chi connectivity index (χ0n) is 13.4. The molecule has 1 heterocycles. The number of aliphatic carboxylic acids is 2. The topological polar surface area (TPSA) is 136 Å². The van der Waals surface area contributed by atoms with Gasteiger partial charge in [0.25, 0.3) is 0 Å². The Morgan fingerprint density at radius 3 is 2.25 bits per heavy atom. The van der Waals surface area contributed by atoms with Gasteiger partial charge in [0, 0.05) is 12.0 Å². The number of hydrogen-bond donors (Lipinski definition) is 3. The highest BCUT2D eigenvalue weighted by atomic mass is 16.6. The Morgan fingerprint density at radius 2 is 1.75 bits per heavy atom. The Balaban J connectivity index is 0.000000351. The van der Waals surface area contributed by atoms with E-state index in [1.54, 1.807) is 25.1 Å². The number of carboxylic acids is 2. The number of benzene rings is 1. The third-order valence-corrected chi connectivity index (χ3v) is 3.19. The lowest BCUT2D eigenvalue weighted by molar-refractivity contribution is -0.139. The molecule has 0 spiro atoms. The molecule has 0 saturated heterocycles. The van der Waals surface area contributed by atoms with E-state index in [0.717, 1.165) is 0 Å². The number of carboxylic acid groups (broad SMARTS) is 2. The Bertz CT molecular complexity index is 600. The van der Waals surface area contributed by atoms with Gasteiger partial charge in [-0.15, -0.1) is 0 Å². The minimum Gasteiger partial charge on any atom is -0.486 e. The molecule has 0 bridgehead atoms. The first-order valence-electron chi connectivity index (χ1n) is 7.48. The molecular formula is C16H21NO7. The summed E-state index contributed by atoms with van der Waals surface area (Å²) in [7, 11) is 0. The monoisotopic (exact) mass is 339 g/mol. The van der Waals surface area contributed by atoms with E-state index in [2.05, 4.69) is 0 Å². The molecule has 1 atom stereocenters. The Kier molecular flexibility index (Phi) is 7.70. The van der Waals surface area contributed by atoms with E-state index in [9.17, 15) is 14.4 Å². The molecule has 0 aromatic heterocycles. The van der Waals surface area contributed by atoms with Gasteiger partial charge >= 0.3 is 11.9 Å². The highest BCUT2D eigenvalue weighted by molar-refractivity contribution is 5.98. The number of rotatable bonds is 6. The van der Waals surface area contributed by atoms with Crippen molar-refractivity contribution in [3.63, 3.8) is 0 Å². The lowest BCUT2D eigenvalue weighted by Gasteiger charge is -2.18. The Morgan fingerprint density at radius 1 is 1.12 bits per heavy atom. The van der Waals surface area contributed by atoms with E-state index in [-0.39, 0.29) is 18.6 Å². The number of carbonyl (C=O) groups is 3. The summed E-state index contributed by atoms with van der Waals surface area (Å²) in [5, 5.41) is 16.6. The second-order valence-electron chi connectivity index (χ2n) is 5.03. The summed E-state index contributed by atoms with van der Waals surface area (Å²) in [5.41, 5.74) is 5.47. The molecule has 2 rings (SSSR count). The van der Waals surface area contributed by atoms with Crippen LogP contribution in [0, 0.1) is 0 Å². The van der Waals surface area contributed by atoms with Gasteiger partial charge < -0.3 is 25.4 Å². The second kappa shape index (κ2) is 9.51. The maximum Gasteiger partial charge on any atom is 0.320 e. The van der Waals surface area contributed by atoms with Crippen molar-refractivity contribution >= 4 is 17.7 Å². The van der Waals surface area contributed by atoms with Crippen molar-refractivity contribution < 1.29 is 34.1 Å². The number of fused-ring (bicyclic) bond motifs is 1. The number of carbonyl (C=O) groups excluding carboxylic acids is 1. The van der Waals surface area contributed by atoms with Crippen LogP contribution in [0.2, 0.25) is 0 Å². The fraction of sp³-hybridized carbons (Fsp3) is 0.438. The van der Waals surface area contributed by atoms with Crippen molar-refractivity contribution in [3.05, 3.63) is 23.8 Å². The minimum atomic E-state index is -0.976. The van der Waals surface area contributed by atoms with Crippen LogP contribution in [0.15, 0.2) is 18.2 Å². The maximum atomic E-state index is 11.7. The smallest absolute Gasteiger partial charge is 0.320 e. The number of nitrogens with two attached hydrogens (primary N) is 1. The van der Waals surface area contributed by atoms with Gasteiger partial charge in [0.1, 0.15) is 19.3 Å². The second-order valence-corrected chi connectivity index (χ2v) is 5.03. The molecule has 0 fully saturated rings. The fourth-order valence-corrected chi connectivity index (χ4v) is 1.76. The molecule has 1 aliphatic heterocycles. The molecule has 1 aliphatic rings. The van der Waals surface area contributed by atoms with Gasteiger partial charge in [0.2, 0.25) is 0 Å². The molecule has 0 amide bonds. The lowest BCUT2D eigenvalue weighted by atomic mass is 10.1. The van der Waals surface area contributed by atoms with Gasteiger partial charge in [-0.1, -0.05) is 6.92 Å². The summed E-state index contributed by atoms with van der Waals surface area (Å²) < 4.78 is 10.7. The summed E-state index contributed by atoms with van der Waals surface area (Å²) in [4.78, 5) is 31.9. The summed E-state index contributed by atoms with van der Waals surface area (Å²) in [6.45, 7) is 2.69. The van der Waals surface area contributed by atoms with Crippen LogP contribution >= 0.6 is 0 Å². The van der Waals surface area contributed by atoms with Gasteiger partial charge in [-0.05, 0) is 24.6 Å². The molecule has 1 aromatic rings. The van der Waals surface area contributed by atoms with Crippen LogP contribution in [0.25, 0.3) is 0 Å². The molecule has 0 radical (unpaired) electrons. The van der Waals surface area contributed by atoms with E-state index in [1.807, 2.05) is 0 Å². The Hall–Kier alpha value is -2.61. The zero-order chi connectivity index (χ0) is 18.1. The fourth-order valence-electron chi connectivity index (χ4n) is 1.76. The molecule has 0 saturated carbocycles. The first-order chi connectivity index (χ1) is 11.3. The summed E-state index contributed by atoms with van der Waals surface area (Å²) in [6, 6.07) is 4.21. The minimum absolute atomic E-state index is 0.00498. The average molecular weight is 339 g/mol. The van der Waals surface area contributed by atoms with Gasteiger partial charge in [-0.2, -0.15) is 0 Å². The van der Waals surface area contributed by atoms with Crippen molar-refractivity contribution in [1.82, 2.24) is 0 Å². The van der Waals surface area contributed by atoms with E-state index < -0.39 is 18.0 Å². The number of Topliss-reactive ketones (excluding diaryl/α,β-unsaturated/α-hetero) is 1. The van der Waals surface area contributed by atoms with Crippen molar-refractivity contribution in [1.29, 1.82) is 0 Å². The van der Waals surface area contributed by atoms with Crippen molar-refractivity contribution in [2.75, 3.05) is 13.2 Å². The molecule has 8 heteroatoms. The third kappa shape index (κ3) is 6.25. The summed E-state index contributed by atoms with van der Waals surface area (Å²) >= 11 is 0. The Labute approximate surface area is 139 Å². The third-order valence-electron chi connectivity index (χ3n) is 3.19. The van der Waals surface area contributed by atoms with Crippen molar-refractivity contribution in [2.45, 2.75) is 32.2 Å². The van der Waals surface area contributed by atoms with E-state index in [0.29, 0.717) is 36.7 Å². The maximum absolute atomic E-state index is 11.7. The molecule has 4 N–H and O–H groups in total. The largest absolute Gasteiger partial charge is 0.486 e. The first kappa shape index (κ1) is 19.4. The molecule has 0 aliphatic carbocycles. The normalized spacial score (nSPS) is 13.2. The predicted molar refractivity (Wildman–Crippen MR) is 84.5 cm³/mol. The highest BCUT2D eigenvalue weighted by Crippen LogP contribution is 2.31. The first-order valence-corrected chi connectivity index (χ1v) is 7.48. The number of ketones is 1. The van der Waals surface area contributed by atoms with Crippen molar-refractivity contribution in [3.8, 4) is 11.5 Å². The summed E-state index contributed by atoms with van der Waals surface area (Å²) in [5.74, 6) is -0.953. The van der Waals surface area contributed by atoms with E-state index >= 15 is 0 Å². The quantitative estimate of drug-likeness (QED) is 0.660. The highest BCUT2D eigenvalue weighted by Gasteiger charge is 2.15. The van der Waals surface area contributed by atoms with Crippen molar-refractivity contribution in [2.24, 2.45) is 5.73 Å². The van der Waals surface area contributed by atoms with Crippen LogP contribution in [0.5, 0.6) is 11.5 Å². The molecule has 1 unspecified atom stereocenters.